The third kappa shape index (κ3) is 1.41. The lowest BCUT2D eigenvalue weighted by Crippen LogP contribution is -2.31. The molecule has 0 aromatic carbocycles. The van der Waals surface area contributed by atoms with Gasteiger partial charge in [0.1, 0.15) is 11.0 Å². The highest BCUT2D eigenvalue weighted by atomic mass is 32.1. The van der Waals surface area contributed by atoms with Crippen molar-refractivity contribution in [3.05, 3.63) is 11.2 Å². The largest absolute Gasteiger partial charge is 0.332 e. The lowest BCUT2D eigenvalue weighted by molar-refractivity contribution is -0.119. The second kappa shape index (κ2) is 3.86. The van der Waals surface area contributed by atoms with E-state index in [1.54, 1.807) is 19.5 Å². The van der Waals surface area contributed by atoms with Gasteiger partial charge in [-0.25, -0.2) is 14.7 Å². The Bertz CT molecular complexity index is 423. The molecule has 16 heavy (non-hydrogen) atoms. The molecule has 2 heterocycles. The number of amides is 3. The van der Waals surface area contributed by atoms with E-state index in [-0.39, 0.29) is 18.0 Å². The summed E-state index contributed by atoms with van der Waals surface area (Å²) in [7, 11) is 1.64. The topological polar surface area (TPSA) is 53.5 Å². The van der Waals surface area contributed by atoms with Crippen LogP contribution in [0.1, 0.15) is 19.5 Å². The van der Waals surface area contributed by atoms with Gasteiger partial charge in [0.2, 0.25) is 0 Å². The van der Waals surface area contributed by atoms with Crippen molar-refractivity contribution < 1.29 is 9.59 Å². The van der Waals surface area contributed by atoms with Crippen LogP contribution in [0.2, 0.25) is 0 Å². The molecule has 1 fully saturated rings. The quantitative estimate of drug-likeness (QED) is 0.735. The van der Waals surface area contributed by atoms with Crippen LogP contribution in [-0.4, -0.2) is 34.9 Å². The molecule has 0 bridgehead atoms. The molecule has 0 aliphatic carbocycles. The van der Waals surface area contributed by atoms with E-state index < -0.39 is 0 Å². The fourth-order valence-electron chi connectivity index (χ4n) is 1.64. The summed E-state index contributed by atoms with van der Waals surface area (Å²) in [5.74, 6) is -0.175. The van der Waals surface area contributed by atoms with Crippen molar-refractivity contribution >= 4 is 28.3 Å². The molecule has 0 saturated carbocycles. The number of nitrogens with zero attached hydrogens (tertiary/aromatic N) is 3. The lowest BCUT2D eigenvalue weighted by Gasteiger charge is -2.12. The Balaban J connectivity index is 2.42. The van der Waals surface area contributed by atoms with Crippen molar-refractivity contribution in [3.8, 4) is 0 Å². The van der Waals surface area contributed by atoms with Crippen molar-refractivity contribution in [2.75, 3.05) is 11.9 Å². The Morgan fingerprint density at radius 1 is 1.50 bits per heavy atom. The number of carbonyl (C=O) groups excluding carboxylic acids is 2. The van der Waals surface area contributed by atoms with Crippen LogP contribution in [0.3, 0.4) is 0 Å². The van der Waals surface area contributed by atoms with Gasteiger partial charge in [0.25, 0.3) is 5.91 Å². The number of carbonyl (C=O) groups is 2. The van der Waals surface area contributed by atoms with E-state index in [1.165, 1.54) is 21.1 Å². The molecule has 1 aromatic rings. The summed E-state index contributed by atoms with van der Waals surface area (Å²) in [6.45, 7) is 3.68. The normalized spacial score (nSPS) is 21.1. The zero-order valence-electron chi connectivity index (χ0n) is 9.43. The first-order valence-electron chi connectivity index (χ1n) is 5.11. The first-order valence-corrected chi connectivity index (χ1v) is 5.99. The predicted molar refractivity (Wildman–Crippen MR) is 61.6 cm³/mol. The molecule has 3 amide bonds. The van der Waals surface area contributed by atoms with Crippen LogP contribution in [-0.2, 0) is 11.2 Å². The Morgan fingerprint density at radius 2 is 2.19 bits per heavy atom. The van der Waals surface area contributed by atoms with Crippen LogP contribution in [0.5, 0.6) is 0 Å². The number of imide groups is 1. The lowest BCUT2D eigenvalue weighted by atomic mass is 10.3. The van der Waals surface area contributed by atoms with Crippen molar-refractivity contribution in [2.45, 2.75) is 26.3 Å². The van der Waals surface area contributed by atoms with Gasteiger partial charge in [0.15, 0.2) is 0 Å². The number of rotatable bonds is 2. The maximum absolute atomic E-state index is 11.9. The second-order valence-corrected chi connectivity index (χ2v) is 4.53. The van der Waals surface area contributed by atoms with Gasteiger partial charge in [-0.1, -0.05) is 6.92 Å². The van der Waals surface area contributed by atoms with E-state index in [9.17, 15) is 9.59 Å². The molecular weight excluding hydrogens is 226 g/mol. The van der Waals surface area contributed by atoms with E-state index in [2.05, 4.69) is 4.98 Å². The third-order valence-electron chi connectivity index (χ3n) is 2.81. The number of anilines is 1. The second-order valence-electron chi connectivity index (χ2n) is 3.70. The minimum absolute atomic E-state index is 0.175. The average Bonchev–Trinajstić information content (AvgIpc) is 2.80. The predicted octanol–water partition coefficient (Wildman–Crippen LogP) is 1.49. The maximum Gasteiger partial charge on any atom is 0.332 e. The van der Waals surface area contributed by atoms with E-state index in [1.807, 2.05) is 6.92 Å². The van der Waals surface area contributed by atoms with Crippen molar-refractivity contribution in [1.29, 1.82) is 0 Å². The molecule has 86 valence electrons. The highest BCUT2D eigenvalue weighted by Crippen LogP contribution is 2.30. The Kier molecular flexibility index (Phi) is 2.67. The number of urea groups is 1. The summed E-state index contributed by atoms with van der Waals surface area (Å²) in [4.78, 5) is 30.7. The van der Waals surface area contributed by atoms with E-state index in [0.29, 0.717) is 11.4 Å². The summed E-state index contributed by atoms with van der Waals surface area (Å²) in [6.07, 6.45) is 0.716. The van der Waals surface area contributed by atoms with E-state index in [0.717, 1.165) is 5.69 Å². The number of thiazole rings is 1. The third-order valence-corrected chi connectivity index (χ3v) is 3.66. The fraction of sp³-hybridized carbons (Fsp3) is 0.500. The van der Waals surface area contributed by atoms with Crippen LogP contribution >= 0.6 is 11.3 Å². The minimum atomic E-state index is -0.390. The van der Waals surface area contributed by atoms with Crippen LogP contribution in [0, 0.1) is 0 Å². The Labute approximate surface area is 97.7 Å². The van der Waals surface area contributed by atoms with Gasteiger partial charge in [-0.3, -0.25) is 4.79 Å². The highest BCUT2D eigenvalue weighted by Gasteiger charge is 2.42. The van der Waals surface area contributed by atoms with Gasteiger partial charge in [-0.15, -0.1) is 11.3 Å². The Morgan fingerprint density at radius 3 is 2.69 bits per heavy atom. The van der Waals surface area contributed by atoms with Crippen LogP contribution in [0.4, 0.5) is 9.80 Å². The zero-order valence-corrected chi connectivity index (χ0v) is 10.2. The molecular formula is C10H13N3O2S. The summed E-state index contributed by atoms with van der Waals surface area (Å²) >= 11 is 1.33. The van der Waals surface area contributed by atoms with Gasteiger partial charge in [-0.2, -0.15) is 0 Å². The van der Waals surface area contributed by atoms with E-state index in [4.69, 9.17) is 0 Å². The summed E-state index contributed by atoms with van der Waals surface area (Å²) in [5, 5.41) is 0.661. The SMILES string of the molecule is CCc1ncsc1N1C(=O)[C@@H](C)N(C)C1=O. The maximum atomic E-state index is 11.9. The van der Waals surface area contributed by atoms with Gasteiger partial charge < -0.3 is 4.90 Å². The standard InChI is InChI=1S/C10H13N3O2S/c1-4-7-9(16-5-11-7)13-8(14)6(2)12(3)10(13)15/h5-6H,4H2,1-3H3/t6-/m1/s1. The molecule has 1 saturated heterocycles. The summed E-state index contributed by atoms with van der Waals surface area (Å²) in [5.41, 5.74) is 2.46. The fourth-order valence-corrected chi connectivity index (χ4v) is 2.53. The molecule has 5 nitrogen and oxygen atoms in total. The molecule has 0 unspecified atom stereocenters. The molecule has 2 rings (SSSR count). The van der Waals surface area contributed by atoms with Gasteiger partial charge in [0, 0.05) is 7.05 Å². The van der Waals surface area contributed by atoms with E-state index >= 15 is 0 Å². The molecule has 1 aromatic heterocycles. The number of aromatic nitrogens is 1. The molecule has 1 atom stereocenters. The number of aryl methyl sites for hydroxylation is 1. The smallest absolute Gasteiger partial charge is 0.315 e. The Hall–Kier alpha value is -1.43. The average molecular weight is 239 g/mol. The minimum Gasteiger partial charge on any atom is -0.315 e. The van der Waals surface area contributed by atoms with Gasteiger partial charge in [-0.05, 0) is 13.3 Å². The molecule has 1 aliphatic rings. The zero-order chi connectivity index (χ0) is 11.9. The van der Waals surface area contributed by atoms with Crippen molar-refractivity contribution in [1.82, 2.24) is 9.88 Å². The van der Waals surface area contributed by atoms with Crippen molar-refractivity contribution in [3.63, 3.8) is 0 Å². The molecule has 0 spiro atoms. The number of likely N-dealkylation sites (N-methyl/N-ethyl adjacent to an activating group) is 1. The first kappa shape index (κ1) is 11.1. The summed E-state index contributed by atoms with van der Waals surface area (Å²) in [6, 6.07) is -0.657. The monoisotopic (exact) mass is 239 g/mol. The highest BCUT2D eigenvalue weighted by molar-refractivity contribution is 7.14. The molecule has 0 radical (unpaired) electrons. The van der Waals surface area contributed by atoms with Crippen LogP contribution < -0.4 is 4.90 Å². The molecule has 0 N–H and O–H groups in total. The van der Waals surface area contributed by atoms with Crippen molar-refractivity contribution in [2.24, 2.45) is 0 Å². The number of hydrogen-bond acceptors (Lipinski definition) is 4. The first-order chi connectivity index (χ1) is 7.57. The summed E-state index contributed by atoms with van der Waals surface area (Å²) < 4.78 is 0. The number of hydrogen-bond donors (Lipinski definition) is 0. The van der Waals surface area contributed by atoms with Gasteiger partial charge >= 0.3 is 6.03 Å². The molecule has 1 aliphatic heterocycles. The molecule has 6 heteroatoms. The van der Waals surface area contributed by atoms with Crippen LogP contribution in [0.25, 0.3) is 0 Å². The van der Waals surface area contributed by atoms with Crippen LogP contribution in [0.15, 0.2) is 5.51 Å². The van der Waals surface area contributed by atoms with Gasteiger partial charge in [0.05, 0.1) is 11.2 Å².